The summed E-state index contributed by atoms with van der Waals surface area (Å²) in [5.74, 6) is 1.38. The van der Waals surface area contributed by atoms with Crippen LogP contribution < -0.4 is 11.1 Å². The van der Waals surface area contributed by atoms with E-state index >= 15 is 0 Å². The first-order valence-electron chi connectivity index (χ1n) is 7.24. The summed E-state index contributed by atoms with van der Waals surface area (Å²) >= 11 is 0. The summed E-state index contributed by atoms with van der Waals surface area (Å²) in [4.78, 5) is 8.55. The number of rotatable bonds is 4. The Bertz CT molecular complexity index is 439. The van der Waals surface area contributed by atoms with Crippen LogP contribution in [0.1, 0.15) is 31.9 Å². The summed E-state index contributed by atoms with van der Waals surface area (Å²) in [5.41, 5.74) is 7.31. The van der Waals surface area contributed by atoms with Crippen molar-refractivity contribution in [3.05, 3.63) is 18.1 Å². The Morgan fingerprint density at radius 1 is 1.47 bits per heavy atom. The van der Waals surface area contributed by atoms with Crippen molar-refractivity contribution in [3.63, 3.8) is 0 Å². The largest absolute Gasteiger partial charge is 0.376 e. The number of anilines is 1. The summed E-state index contributed by atoms with van der Waals surface area (Å²) < 4.78 is 5.82. The van der Waals surface area contributed by atoms with E-state index in [9.17, 15) is 0 Å². The van der Waals surface area contributed by atoms with E-state index in [0.717, 1.165) is 37.4 Å². The summed E-state index contributed by atoms with van der Waals surface area (Å²) in [5, 5.41) is 3.43. The van der Waals surface area contributed by atoms with Crippen LogP contribution in [0.3, 0.4) is 0 Å². The fourth-order valence-electron chi connectivity index (χ4n) is 3.17. The third-order valence-electron chi connectivity index (χ3n) is 4.22. The van der Waals surface area contributed by atoms with E-state index in [0.29, 0.717) is 5.92 Å². The van der Waals surface area contributed by atoms with Crippen molar-refractivity contribution >= 4 is 5.82 Å². The lowest BCUT2D eigenvalue weighted by atomic mass is 9.68. The van der Waals surface area contributed by atoms with Crippen molar-refractivity contribution in [2.24, 2.45) is 11.7 Å². The smallest absolute Gasteiger partial charge is 0.129 e. The van der Waals surface area contributed by atoms with Crippen LogP contribution in [0.15, 0.2) is 12.4 Å². The Labute approximate surface area is 114 Å². The molecule has 1 saturated heterocycles. The highest BCUT2D eigenvalue weighted by Crippen LogP contribution is 2.38. The van der Waals surface area contributed by atoms with Crippen LogP contribution in [-0.2, 0) is 11.2 Å². The van der Waals surface area contributed by atoms with Gasteiger partial charge in [0.05, 0.1) is 12.1 Å². The molecule has 1 saturated carbocycles. The van der Waals surface area contributed by atoms with Crippen molar-refractivity contribution in [2.45, 2.75) is 50.8 Å². The molecule has 3 rings (SSSR count). The molecule has 1 aliphatic heterocycles. The highest BCUT2D eigenvalue weighted by molar-refractivity contribution is 5.39. The molecule has 19 heavy (non-hydrogen) atoms. The van der Waals surface area contributed by atoms with Gasteiger partial charge in [0.25, 0.3) is 0 Å². The third-order valence-corrected chi connectivity index (χ3v) is 4.22. The molecule has 1 aromatic rings. The van der Waals surface area contributed by atoms with Crippen LogP contribution in [0, 0.1) is 5.92 Å². The molecule has 1 aromatic heterocycles. The Hall–Kier alpha value is -1.20. The highest BCUT2D eigenvalue weighted by Gasteiger charge is 2.50. The third kappa shape index (κ3) is 2.44. The zero-order valence-corrected chi connectivity index (χ0v) is 11.4. The summed E-state index contributed by atoms with van der Waals surface area (Å²) in [6.07, 6.45) is 6.28. The number of hydrogen-bond acceptors (Lipinski definition) is 5. The number of aromatic nitrogens is 2. The van der Waals surface area contributed by atoms with Gasteiger partial charge in [-0.3, -0.25) is 0 Å². The number of nitrogens with one attached hydrogen (secondary N) is 1. The Morgan fingerprint density at radius 3 is 3.21 bits per heavy atom. The molecule has 0 radical (unpaired) electrons. The first kappa shape index (κ1) is 12.8. The first-order valence-corrected chi connectivity index (χ1v) is 7.24. The molecule has 104 valence electrons. The van der Waals surface area contributed by atoms with Crippen LogP contribution >= 0.6 is 0 Å². The Balaban J connectivity index is 1.66. The minimum absolute atomic E-state index is 0.176. The average Bonchev–Trinajstić information content (AvgIpc) is 2.45. The lowest BCUT2D eigenvalue weighted by Gasteiger charge is -2.52. The van der Waals surface area contributed by atoms with Crippen molar-refractivity contribution in [1.82, 2.24) is 9.97 Å². The zero-order chi connectivity index (χ0) is 13.2. The van der Waals surface area contributed by atoms with Crippen molar-refractivity contribution in [2.75, 3.05) is 11.9 Å². The van der Waals surface area contributed by atoms with Crippen molar-refractivity contribution < 1.29 is 4.74 Å². The van der Waals surface area contributed by atoms with Gasteiger partial charge in [-0.1, -0.05) is 13.3 Å². The minimum atomic E-state index is 0.176. The van der Waals surface area contributed by atoms with Crippen LogP contribution in [0.25, 0.3) is 0 Å². The SMILES string of the molecule is CCCc1cc(NC2C(N)C3CCCOC32)ncn1. The molecule has 1 aliphatic carbocycles. The normalized spacial score (nSPS) is 33.4. The quantitative estimate of drug-likeness (QED) is 0.857. The maximum Gasteiger partial charge on any atom is 0.129 e. The van der Waals surface area contributed by atoms with Crippen LogP contribution in [0.4, 0.5) is 5.82 Å². The van der Waals surface area contributed by atoms with Gasteiger partial charge in [0.15, 0.2) is 0 Å². The van der Waals surface area contributed by atoms with Crippen LogP contribution in [0.2, 0.25) is 0 Å². The summed E-state index contributed by atoms with van der Waals surface area (Å²) in [6, 6.07) is 2.39. The van der Waals surface area contributed by atoms with Crippen LogP contribution in [0.5, 0.6) is 0 Å². The van der Waals surface area contributed by atoms with E-state index in [2.05, 4.69) is 22.2 Å². The highest BCUT2D eigenvalue weighted by atomic mass is 16.5. The van der Waals surface area contributed by atoms with Gasteiger partial charge in [-0.25, -0.2) is 9.97 Å². The van der Waals surface area contributed by atoms with Gasteiger partial charge in [-0.2, -0.15) is 0 Å². The number of ether oxygens (including phenoxy) is 1. The molecule has 0 spiro atoms. The van der Waals surface area contributed by atoms with Gasteiger partial charge in [-0.15, -0.1) is 0 Å². The van der Waals surface area contributed by atoms with E-state index in [1.165, 1.54) is 6.42 Å². The molecule has 4 atom stereocenters. The predicted molar refractivity (Wildman–Crippen MR) is 73.9 cm³/mol. The van der Waals surface area contributed by atoms with Gasteiger partial charge >= 0.3 is 0 Å². The maximum absolute atomic E-state index is 6.24. The summed E-state index contributed by atoms with van der Waals surface area (Å²) in [6.45, 7) is 3.01. The molecule has 5 heteroatoms. The second kappa shape index (κ2) is 5.43. The number of hydrogen-bond donors (Lipinski definition) is 2. The van der Waals surface area contributed by atoms with E-state index in [-0.39, 0.29) is 18.2 Å². The van der Waals surface area contributed by atoms with E-state index in [4.69, 9.17) is 10.5 Å². The number of aryl methyl sites for hydroxylation is 1. The topological polar surface area (TPSA) is 73.1 Å². The molecule has 0 aromatic carbocycles. The second-order valence-electron chi connectivity index (χ2n) is 5.53. The zero-order valence-electron chi connectivity index (χ0n) is 11.4. The molecular weight excluding hydrogens is 240 g/mol. The molecule has 2 heterocycles. The number of nitrogens with zero attached hydrogens (tertiary/aromatic N) is 2. The lowest BCUT2D eigenvalue weighted by Crippen LogP contribution is -2.69. The fourth-order valence-corrected chi connectivity index (χ4v) is 3.17. The predicted octanol–water partition coefficient (Wildman–Crippen LogP) is 1.35. The average molecular weight is 262 g/mol. The minimum Gasteiger partial charge on any atom is -0.376 e. The first-order chi connectivity index (χ1) is 9.29. The fraction of sp³-hybridized carbons (Fsp3) is 0.714. The van der Waals surface area contributed by atoms with Gasteiger partial charge < -0.3 is 15.8 Å². The van der Waals surface area contributed by atoms with Crippen molar-refractivity contribution in [1.29, 1.82) is 0 Å². The molecule has 4 unspecified atom stereocenters. The molecular formula is C14H22N4O. The van der Waals surface area contributed by atoms with Gasteiger partial charge in [0, 0.05) is 30.3 Å². The van der Waals surface area contributed by atoms with Gasteiger partial charge in [0.2, 0.25) is 0 Å². The maximum atomic E-state index is 6.24. The number of fused-ring (bicyclic) bond motifs is 1. The Kier molecular flexibility index (Phi) is 3.66. The van der Waals surface area contributed by atoms with Gasteiger partial charge in [0.1, 0.15) is 12.1 Å². The molecule has 0 bridgehead atoms. The monoisotopic (exact) mass is 262 g/mol. The molecule has 2 fully saturated rings. The summed E-state index contributed by atoms with van der Waals surface area (Å²) in [7, 11) is 0. The van der Waals surface area contributed by atoms with E-state index in [1.807, 2.05) is 6.07 Å². The lowest BCUT2D eigenvalue weighted by molar-refractivity contribution is -0.104. The van der Waals surface area contributed by atoms with E-state index < -0.39 is 0 Å². The van der Waals surface area contributed by atoms with E-state index in [1.54, 1.807) is 6.33 Å². The van der Waals surface area contributed by atoms with Crippen LogP contribution in [-0.4, -0.2) is 34.8 Å². The molecule has 3 N–H and O–H groups in total. The Morgan fingerprint density at radius 2 is 2.37 bits per heavy atom. The van der Waals surface area contributed by atoms with Gasteiger partial charge in [-0.05, 0) is 19.3 Å². The standard InChI is InChI=1S/C14H22N4O/c1-2-4-9-7-11(17-8-16-9)18-13-12(15)10-5-3-6-19-14(10)13/h7-8,10,12-14H,2-6,15H2,1H3,(H,16,17,18). The molecule has 5 nitrogen and oxygen atoms in total. The van der Waals surface area contributed by atoms with Crippen molar-refractivity contribution in [3.8, 4) is 0 Å². The number of nitrogens with two attached hydrogens (primary N) is 1. The second-order valence-corrected chi connectivity index (χ2v) is 5.53. The molecule has 2 aliphatic rings. The molecule has 0 amide bonds.